The highest BCUT2D eigenvalue weighted by molar-refractivity contribution is 7.62. The lowest BCUT2D eigenvalue weighted by Crippen LogP contribution is -1.95. The summed E-state index contributed by atoms with van der Waals surface area (Å²) in [5.41, 5.74) is 4.22. The summed E-state index contributed by atoms with van der Waals surface area (Å²) in [7, 11) is -9.48. The molecule has 0 aliphatic carbocycles. The largest absolute Gasteiger partial charge is 0.477 e. The highest BCUT2D eigenvalue weighted by Crippen LogP contribution is 2.51. The van der Waals surface area contributed by atoms with Gasteiger partial charge in [-0.2, -0.15) is 4.31 Å². The fourth-order valence-corrected chi connectivity index (χ4v) is 1.37. The van der Waals surface area contributed by atoms with Crippen LogP contribution in [0.1, 0.15) is 0 Å². The Bertz CT molecular complexity index is 154. The van der Waals surface area contributed by atoms with Crippen LogP contribution in [0.4, 0.5) is 0 Å². The molecule has 0 rings (SSSR count). The number of nitrogens with two attached hydrogens (primary N) is 1. The Balaban J connectivity index is 0. The van der Waals surface area contributed by atoms with Gasteiger partial charge < -0.3 is 20.8 Å². The molecule has 0 radical (unpaired) electrons. The van der Waals surface area contributed by atoms with Crippen molar-refractivity contribution in [3.05, 3.63) is 0 Å². The van der Waals surface area contributed by atoms with Gasteiger partial charge in [-0.3, -0.25) is 0 Å². The molecule has 0 aromatic rings. The van der Waals surface area contributed by atoms with Gasteiger partial charge >= 0.3 is 15.6 Å². The molecule has 0 amide bonds. The zero-order valence-corrected chi connectivity index (χ0v) is 6.53. The summed E-state index contributed by atoms with van der Waals surface area (Å²) in [5, 5.41) is 0. The number of hydrogen-bond acceptors (Lipinski definition) is 4. The molecular weight excluding hydrogens is 186 g/mol. The average Bonchev–Trinajstić information content (AvgIpc) is 1.14. The zero-order valence-electron chi connectivity index (χ0n) is 4.75. The third-order valence-corrected chi connectivity index (χ3v) is 2.01. The van der Waals surface area contributed by atoms with E-state index in [2.05, 4.69) is 9.81 Å². The van der Waals surface area contributed by atoms with Crippen LogP contribution in [0.15, 0.2) is 0 Å². The molecule has 0 aromatic carbocycles. The van der Waals surface area contributed by atoms with Crippen molar-refractivity contribution in [3.63, 3.8) is 0 Å². The van der Waals surface area contributed by atoms with Gasteiger partial charge in [-0.05, 0) is 0 Å². The monoisotopic (exact) mass is 194 g/mol. The van der Waals surface area contributed by atoms with Crippen LogP contribution in [0.5, 0.6) is 0 Å². The molecule has 0 aromatic heterocycles. The van der Waals surface area contributed by atoms with E-state index < -0.39 is 15.6 Å². The zero-order chi connectivity index (χ0) is 7.71. The molecule has 8 N–H and O–H groups in total. The maximum atomic E-state index is 9.85. The first-order valence-corrected chi connectivity index (χ1v) is 4.77. The summed E-state index contributed by atoms with van der Waals surface area (Å²) in [4.78, 5) is 23.6. The fourth-order valence-electron chi connectivity index (χ4n) is 0.152. The van der Waals surface area contributed by atoms with Crippen molar-refractivity contribution in [1.29, 1.82) is 0 Å². The van der Waals surface area contributed by atoms with Crippen molar-refractivity contribution in [2.24, 2.45) is 5.50 Å². The van der Waals surface area contributed by atoms with Gasteiger partial charge in [0.05, 0.1) is 0 Å². The predicted octanol–water partition coefficient (Wildman–Crippen LogP) is -0.683. The first-order valence-electron chi connectivity index (χ1n) is 1.59. The number of phosphoric acid groups is 1. The van der Waals surface area contributed by atoms with E-state index >= 15 is 0 Å². The lowest BCUT2D eigenvalue weighted by molar-refractivity contribution is 0.264. The highest BCUT2D eigenvalue weighted by Gasteiger charge is 2.25. The molecule has 1 unspecified atom stereocenters. The molecule has 1 atom stereocenters. The van der Waals surface area contributed by atoms with Crippen LogP contribution in [0.3, 0.4) is 0 Å². The Labute approximate surface area is 56.4 Å². The molecule has 0 aliphatic heterocycles. The van der Waals surface area contributed by atoms with Gasteiger partial charge in [0, 0.05) is 0 Å². The average molecular weight is 194 g/mol. The molecule has 0 spiro atoms. The summed E-state index contributed by atoms with van der Waals surface area (Å²) < 4.78 is 22.7. The Morgan fingerprint density at radius 2 is 1.50 bits per heavy atom. The van der Waals surface area contributed by atoms with E-state index in [-0.39, 0.29) is 6.15 Å². The molecule has 0 saturated carbocycles. The van der Waals surface area contributed by atoms with Crippen LogP contribution in [0, 0.1) is 0 Å². The second-order valence-corrected chi connectivity index (χ2v) is 3.90. The molecule has 0 fully saturated rings. The highest BCUT2D eigenvalue weighted by atomic mass is 31.3. The van der Waals surface area contributed by atoms with Gasteiger partial charge in [-0.1, -0.05) is 0 Å². The second-order valence-electron chi connectivity index (χ2n) is 1.14. The van der Waals surface area contributed by atoms with Gasteiger partial charge in [0.1, 0.15) is 0 Å². The van der Waals surface area contributed by atoms with Gasteiger partial charge in [-0.25, -0.2) is 14.6 Å². The number of rotatable bonds is 2. The van der Waals surface area contributed by atoms with E-state index in [1.54, 1.807) is 0 Å². The molecule has 10 heteroatoms. The number of hydrogen-bond donors (Lipinski definition) is 5. The molecular formula is H8N2O6P2. The van der Waals surface area contributed by atoms with Crippen LogP contribution in [0.25, 0.3) is 0 Å². The van der Waals surface area contributed by atoms with Crippen LogP contribution < -0.4 is 11.7 Å². The normalized spacial score (nSPS) is 17.2. The topological polar surface area (TPSA) is 165 Å². The molecule has 0 saturated heterocycles. The van der Waals surface area contributed by atoms with Crippen molar-refractivity contribution in [2.45, 2.75) is 0 Å². The van der Waals surface area contributed by atoms with Crippen LogP contribution in [0.2, 0.25) is 0 Å². The minimum Gasteiger partial charge on any atom is -0.344 e. The van der Waals surface area contributed by atoms with E-state index in [1.807, 2.05) is 0 Å². The first-order chi connectivity index (χ1) is 3.71. The van der Waals surface area contributed by atoms with E-state index in [9.17, 15) is 9.13 Å². The summed E-state index contributed by atoms with van der Waals surface area (Å²) in [5.74, 6) is 0. The standard InChI is InChI=1S/H5NO6P2.H3N/c1-8(2,3)7-9(4,5)6;/h(H3,1,2,3)(H2,4,5,6);1H3. The molecule has 0 aliphatic rings. The van der Waals surface area contributed by atoms with E-state index in [1.165, 1.54) is 0 Å². The lowest BCUT2D eigenvalue weighted by Gasteiger charge is -2.05. The van der Waals surface area contributed by atoms with Gasteiger partial charge in [0.25, 0.3) is 0 Å². The van der Waals surface area contributed by atoms with E-state index in [4.69, 9.17) is 14.7 Å². The summed E-state index contributed by atoms with van der Waals surface area (Å²) in [6.07, 6.45) is 0. The maximum Gasteiger partial charge on any atom is 0.477 e. The summed E-state index contributed by atoms with van der Waals surface area (Å²) >= 11 is 0. The van der Waals surface area contributed by atoms with E-state index in [0.29, 0.717) is 0 Å². The summed E-state index contributed by atoms with van der Waals surface area (Å²) in [6, 6.07) is 0. The van der Waals surface area contributed by atoms with Crippen LogP contribution in [-0.2, 0) is 13.4 Å². The van der Waals surface area contributed by atoms with Gasteiger partial charge in [-0.15, -0.1) is 0 Å². The lowest BCUT2D eigenvalue weighted by atomic mass is 13.9. The molecule has 0 heterocycles. The molecule has 10 heavy (non-hydrogen) atoms. The van der Waals surface area contributed by atoms with Crippen molar-refractivity contribution in [2.75, 3.05) is 0 Å². The minimum absolute atomic E-state index is 0. The Hall–Kier alpha value is 0.220. The fraction of sp³-hybridized carbons (Fsp3) is 0. The van der Waals surface area contributed by atoms with E-state index in [0.717, 1.165) is 0 Å². The Morgan fingerprint density at radius 3 is 1.50 bits per heavy atom. The van der Waals surface area contributed by atoms with Crippen molar-refractivity contribution in [1.82, 2.24) is 6.15 Å². The molecule has 0 bridgehead atoms. The second kappa shape index (κ2) is 3.56. The van der Waals surface area contributed by atoms with Crippen LogP contribution in [-0.4, -0.2) is 14.7 Å². The first kappa shape index (κ1) is 12.9. The van der Waals surface area contributed by atoms with Gasteiger partial charge in [0.15, 0.2) is 0 Å². The van der Waals surface area contributed by atoms with Crippen molar-refractivity contribution < 1.29 is 28.1 Å². The summed E-state index contributed by atoms with van der Waals surface area (Å²) in [6.45, 7) is 0. The molecule has 8 nitrogen and oxygen atoms in total. The third-order valence-electron chi connectivity index (χ3n) is 0.223. The predicted molar refractivity (Wildman–Crippen MR) is 32.2 cm³/mol. The van der Waals surface area contributed by atoms with Crippen molar-refractivity contribution >= 4 is 15.6 Å². The maximum absolute atomic E-state index is 9.85. The third kappa shape index (κ3) is 11.1. The minimum atomic E-state index is -4.93. The molecule has 64 valence electrons. The quantitative estimate of drug-likeness (QED) is 0.360. The Kier molecular flexibility index (Phi) is 4.58. The van der Waals surface area contributed by atoms with Crippen molar-refractivity contribution in [3.8, 4) is 0 Å². The van der Waals surface area contributed by atoms with Gasteiger partial charge in [0.2, 0.25) is 0 Å². The van der Waals surface area contributed by atoms with Crippen LogP contribution >= 0.6 is 15.6 Å². The Morgan fingerprint density at radius 1 is 1.20 bits per heavy atom. The SMILES string of the molecule is N.NP(=O)(O)OP(=O)(O)O. The smallest absolute Gasteiger partial charge is 0.344 e.